The predicted molar refractivity (Wildman–Crippen MR) is 77.6 cm³/mol. The lowest BCUT2D eigenvalue weighted by atomic mass is 9.97. The molecule has 6 nitrogen and oxygen atoms in total. The average Bonchev–Trinajstić information content (AvgIpc) is 2.37. The van der Waals surface area contributed by atoms with Crippen LogP contribution in [0, 0.1) is 5.41 Å². The molecule has 6 heteroatoms. The summed E-state index contributed by atoms with van der Waals surface area (Å²) in [6.45, 7) is 10.3. The smallest absolute Gasteiger partial charge is 0.409 e. The molecule has 0 atom stereocenters. The predicted octanol–water partition coefficient (Wildman–Crippen LogP) is 1.95. The molecule has 0 radical (unpaired) electrons. The third-order valence-electron chi connectivity index (χ3n) is 3.14. The van der Waals surface area contributed by atoms with E-state index in [1.807, 2.05) is 0 Å². The lowest BCUT2D eigenvalue weighted by Crippen LogP contribution is -2.50. The average molecular weight is 285 g/mol. The molecule has 0 bridgehead atoms. The number of nitrogens with one attached hydrogen (secondary N) is 2. The van der Waals surface area contributed by atoms with Crippen LogP contribution < -0.4 is 10.6 Å². The van der Waals surface area contributed by atoms with Gasteiger partial charge < -0.3 is 20.3 Å². The maximum Gasteiger partial charge on any atom is 0.409 e. The monoisotopic (exact) mass is 285 g/mol. The highest BCUT2D eigenvalue weighted by Crippen LogP contribution is 2.12. The molecule has 1 fully saturated rings. The van der Waals surface area contributed by atoms with E-state index >= 15 is 0 Å². The topological polar surface area (TPSA) is 70.7 Å². The number of nitrogens with zero attached hydrogens (tertiary/aromatic N) is 1. The Labute approximate surface area is 121 Å². The van der Waals surface area contributed by atoms with Crippen molar-refractivity contribution in [2.75, 3.05) is 26.2 Å². The summed E-state index contributed by atoms with van der Waals surface area (Å²) >= 11 is 0. The number of carbonyl (C=O) groups excluding carboxylic acids is 2. The molecule has 20 heavy (non-hydrogen) atoms. The molecule has 0 aromatic rings. The zero-order valence-electron chi connectivity index (χ0n) is 13.0. The van der Waals surface area contributed by atoms with E-state index in [-0.39, 0.29) is 23.6 Å². The van der Waals surface area contributed by atoms with Gasteiger partial charge in [-0.15, -0.1) is 0 Å². The van der Waals surface area contributed by atoms with Gasteiger partial charge in [-0.25, -0.2) is 9.59 Å². The number of amides is 3. The number of hydrogen-bond acceptors (Lipinski definition) is 3. The van der Waals surface area contributed by atoms with Crippen molar-refractivity contribution in [2.45, 2.75) is 46.6 Å². The second-order valence-electron chi connectivity index (χ2n) is 6.35. The van der Waals surface area contributed by atoms with Crippen LogP contribution in [0.15, 0.2) is 0 Å². The quantitative estimate of drug-likeness (QED) is 0.832. The van der Waals surface area contributed by atoms with Gasteiger partial charge >= 0.3 is 12.1 Å². The van der Waals surface area contributed by atoms with Gasteiger partial charge in [0.1, 0.15) is 0 Å². The van der Waals surface area contributed by atoms with Crippen LogP contribution in [0.1, 0.15) is 40.5 Å². The highest BCUT2D eigenvalue weighted by atomic mass is 16.6. The molecule has 1 heterocycles. The van der Waals surface area contributed by atoms with Crippen LogP contribution in [0.4, 0.5) is 9.59 Å². The van der Waals surface area contributed by atoms with Crippen molar-refractivity contribution >= 4 is 12.1 Å². The highest BCUT2D eigenvalue weighted by Gasteiger charge is 2.24. The van der Waals surface area contributed by atoms with E-state index < -0.39 is 0 Å². The molecule has 0 spiro atoms. The molecule has 0 aliphatic carbocycles. The summed E-state index contributed by atoms with van der Waals surface area (Å²) in [6, 6.07) is -0.00449. The van der Waals surface area contributed by atoms with Gasteiger partial charge in [0, 0.05) is 25.7 Å². The molecule has 0 saturated carbocycles. The third kappa shape index (κ3) is 6.12. The number of ether oxygens (including phenoxy) is 1. The number of hydrogen-bond donors (Lipinski definition) is 2. The van der Waals surface area contributed by atoms with Crippen molar-refractivity contribution in [3.63, 3.8) is 0 Å². The fourth-order valence-electron chi connectivity index (χ4n) is 2.00. The molecule has 0 aromatic carbocycles. The molecule has 0 unspecified atom stereocenters. The summed E-state index contributed by atoms with van der Waals surface area (Å²) in [7, 11) is 0. The second kappa shape index (κ2) is 7.36. The van der Waals surface area contributed by atoms with E-state index in [0.717, 1.165) is 12.8 Å². The fraction of sp³-hybridized carbons (Fsp3) is 0.857. The first-order chi connectivity index (χ1) is 9.31. The SMILES string of the molecule is CCOC(=O)N1CCC(NC(=O)NCC(C)(C)C)CC1. The first-order valence-electron chi connectivity index (χ1n) is 7.28. The van der Waals surface area contributed by atoms with E-state index in [4.69, 9.17) is 4.74 Å². The number of urea groups is 1. The molecular formula is C14H27N3O3. The van der Waals surface area contributed by atoms with Gasteiger partial charge in [-0.1, -0.05) is 20.8 Å². The summed E-state index contributed by atoms with van der Waals surface area (Å²) in [5.41, 5.74) is 0.0740. The maximum absolute atomic E-state index is 11.7. The summed E-state index contributed by atoms with van der Waals surface area (Å²) in [4.78, 5) is 25.0. The van der Waals surface area contributed by atoms with Crippen LogP contribution in [-0.2, 0) is 4.74 Å². The molecule has 1 aliphatic heterocycles. The Morgan fingerprint density at radius 2 is 1.85 bits per heavy atom. The Kier molecular flexibility index (Phi) is 6.10. The molecule has 1 rings (SSSR count). The van der Waals surface area contributed by atoms with Gasteiger partial charge in [0.05, 0.1) is 6.61 Å². The van der Waals surface area contributed by atoms with Crippen LogP contribution in [0.3, 0.4) is 0 Å². The van der Waals surface area contributed by atoms with Crippen LogP contribution in [-0.4, -0.2) is 49.3 Å². The van der Waals surface area contributed by atoms with Crippen LogP contribution >= 0.6 is 0 Å². The number of carbonyl (C=O) groups is 2. The van der Waals surface area contributed by atoms with Crippen molar-refractivity contribution in [1.82, 2.24) is 15.5 Å². The van der Waals surface area contributed by atoms with Crippen molar-refractivity contribution in [3.8, 4) is 0 Å². The number of likely N-dealkylation sites (tertiary alicyclic amines) is 1. The first kappa shape index (κ1) is 16.6. The zero-order valence-corrected chi connectivity index (χ0v) is 13.0. The van der Waals surface area contributed by atoms with Crippen molar-refractivity contribution in [3.05, 3.63) is 0 Å². The third-order valence-corrected chi connectivity index (χ3v) is 3.14. The zero-order chi connectivity index (χ0) is 15.2. The lowest BCUT2D eigenvalue weighted by Gasteiger charge is -2.31. The van der Waals surface area contributed by atoms with Crippen LogP contribution in [0.5, 0.6) is 0 Å². The summed E-state index contributed by atoms with van der Waals surface area (Å²) < 4.78 is 4.96. The first-order valence-corrected chi connectivity index (χ1v) is 7.28. The van der Waals surface area contributed by atoms with Crippen LogP contribution in [0.2, 0.25) is 0 Å². The summed E-state index contributed by atoms with van der Waals surface area (Å²) in [5.74, 6) is 0. The van der Waals surface area contributed by atoms with Gasteiger partial charge in [0.15, 0.2) is 0 Å². The Balaban J connectivity index is 2.25. The number of piperidine rings is 1. The van der Waals surface area contributed by atoms with E-state index in [1.165, 1.54) is 0 Å². The Hall–Kier alpha value is -1.46. The summed E-state index contributed by atoms with van der Waals surface area (Å²) in [5, 5.41) is 5.82. The maximum atomic E-state index is 11.7. The van der Waals surface area contributed by atoms with Crippen molar-refractivity contribution in [2.24, 2.45) is 5.41 Å². The summed E-state index contributed by atoms with van der Waals surface area (Å²) in [6.07, 6.45) is 1.27. The minimum atomic E-state index is -0.261. The van der Waals surface area contributed by atoms with Gasteiger partial charge in [0.2, 0.25) is 0 Å². The van der Waals surface area contributed by atoms with Crippen LogP contribution in [0.25, 0.3) is 0 Å². The largest absolute Gasteiger partial charge is 0.450 e. The van der Waals surface area contributed by atoms with E-state index in [1.54, 1.807) is 11.8 Å². The molecule has 116 valence electrons. The van der Waals surface area contributed by atoms with Gasteiger partial charge in [-0.2, -0.15) is 0 Å². The standard InChI is InChI=1S/C14H27N3O3/c1-5-20-13(19)17-8-6-11(7-9-17)16-12(18)15-10-14(2,3)4/h11H,5-10H2,1-4H3,(H2,15,16,18). The van der Waals surface area contributed by atoms with E-state index in [0.29, 0.717) is 26.2 Å². The highest BCUT2D eigenvalue weighted by molar-refractivity contribution is 5.74. The second-order valence-corrected chi connectivity index (χ2v) is 6.35. The normalized spacial score (nSPS) is 16.7. The molecule has 1 saturated heterocycles. The Bertz CT molecular complexity index is 331. The van der Waals surface area contributed by atoms with E-state index in [9.17, 15) is 9.59 Å². The molecular weight excluding hydrogens is 258 g/mol. The van der Waals surface area contributed by atoms with Crippen molar-refractivity contribution < 1.29 is 14.3 Å². The minimum absolute atomic E-state index is 0.0740. The van der Waals surface area contributed by atoms with E-state index in [2.05, 4.69) is 31.4 Å². The Morgan fingerprint density at radius 1 is 1.25 bits per heavy atom. The Morgan fingerprint density at radius 3 is 2.35 bits per heavy atom. The minimum Gasteiger partial charge on any atom is -0.450 e. The molecule has 2 N–H and O–H groups in total. The molecule has 3 amide bonds. The number of rotatable bonds is 3. The van der Waals surface area contributed by atoms with Gasteiger partial charge in [-0.05, 0) is 25.2 Å². The van der Waals surface area contributed by atoms with Gasteiger partial charge in [0.25, 0.3) is 0 Å². The fourth-order valence-corrected chi connectivity index (χ4v) is 2.00. The molecule has 0 aromatic heterocycles. The molecule has 1 aliphatic rings. The lowest BCUT2D eigenvalue weighted by molar-refractivity contribution is 0.0957. The van der Waals surface area contributed by atoms with Crippen molar-refractivity contribution in [1.29, 1.82) is 0 Å². The van der Waals surface area contributed by atoms with Gasteiger partial charge in [-0.3, -0.25) is 0 Å².